The van der Waals surface area contributed by atoms with Gasteiger partial charge in [0.05, 0.1) is 12.4 Å². The first-order chi connectivity index (χ1) is 9.02. The Balaban J connectivity index is 2.33. The van der Waals surface area contributed by atoms with Crippen LogP contribution in [0.4, 0.5) is 0 Å². The maximum atomic E-state index is 10.4. The number of nitrogens with two attached hydrogens (primary N) is 1. The van der Waals surface area contributed by atoms with Crippen molar-refractivity contribution in [2.45, 2.75) is 18.9 Å². The maximum Gasteiger partial charge on any atom is 0.101 e. The van der Waals surface area contributed by atoms with Gasteiger partial charge in [-0.1, -0.05) is 29.3 Å². The molecule has 19 heavy (non-hydrogen) atoms. The molecule has 0 radical (unpaired) electrons. The summed E-state index contributed by atoms with van der Waals surface area (Å²) in [7, 11) is 0. The van der Waals surface area contributed by atoms with Crippen LogP contribution in [-0.4, -0.2) is 11.7 Å². The number of hydrogen-bond donors (Lipinski definition) is 2. The Kier molecular flexibility index (Phi) is 4.53. The Morgan fingerprint density at radius 3 is 2.58 bits per heavy atom. The van der Waals surface area contributed by atoms with Gasteiger partial charge in [-0.15, -0.1) is 0 Å². The molecule has 5 heteroatoms. The van der Waals surface area contributed by atoms with Crippen molar-refractivity contribution < 1.29 is 9.52 Å². The van der Waals surface area contributed by atoms with Crippen molar-refractivity contribution in [2.75, 3.05) is 6.54 Å². The largest absolute Gasteiger partial charge is 0.469 e. The number of hydrogen-bond acceptors (Lipinski definition) is 3. The average molecular weight is 300 g/mol. The second-order valence-corrected chi connectivity index (χ2v) is 5.29. The summed E-state index contributed by atoms with van der Waals surface area (Å²) in [5.41, 5.74) is 7.25. The highest BCUT2D eigenvalue weighted by Gasteiger charge is 2.24. The summed E-state index contributed by atoms with van der Waals surface area (Å²) in [5, 5.41) is 11.5. The van der Waals surface area contributed by atoms with E-state index in [0.29, 0.717) is 15.6 Å². The molecule has 0 fully saturated rings. The summed E-state index contributed by atoms with van der Waals surface area (Å²) in [6.07, 6.45) is 0.771. The van der Waals surface area contributed by atoms with Crippen LogP contribution in [0.15, 0.2) is 34.9 Å². The van der Waals surface area contributed by atoms with Crippen LogP contribution >= 0.6 is 23.2 Å². The third kappa shape index (κ3) is 3.12. The smallest absolute Gasteiger partial charge is 0.101 e. The standard InChI is InChI=1S/C14H15Cl2NO2/c1-8-4-9(7-19-8)14(18)12(6-17)11-3-2-10(15)5-13(11)16/h2-5,7,12,14,18H,6,17H2,1H3. The van der Waals surface area contributed by atoms with E-state index in [1.807, 2.05) is 6.92 Å². The lowest BCUT2D eigenvalue weighted by atomic mass is 9.90. The first-order valence-corrected chi connectivity index (χ1v) is 6.66. The second kappa shape index (κ2) is 5.97. The molecule has 2 aromatic rings. The molecule has 0 spiro atoms. The van der Waals surface area contributed by atoms with Crippen LogP contribution in [0.5, 0.6) is 0 Å². The molecule has 0 aliphatic rings. The van der Waals surface area contributed by atoms with Gasteiger partial charge in [0.1, 0.15) is 5.76 Å². The minimum atomic E-state index is -0.763. The Morgan fingerprint density at radius 1 is 1.32 bits per heavy atom. The lowest BCUT2D eigenvalue weighted by molar-refractivity contribution is 0.146. The van der Waals surface area contributed by atoms with Crippen molar-refractivity contribution in [3.8, 4) is 0 Å². The van der Waals surface area contributed by atoms with E-state index in [4.69, 9.17) is 33.4 Å². The van der Waals surface area contributed by atoms with Gasteiger partial charge in [0.2, 0.25) is 0 Å². The third-order valence-corrected chi connectivity index (χ3v) is 3.65. The number of halogens is 2. The monoisotopic (exact) mass is 299 g/mol. The van der Waals surface area contributed by atoms with E-state index < -0.39 is 6.10 Å². The van der Waals surface area contributed by atoms with Crippen molar-refractivity contribution in [3.63, 3.8) is 0 Å². The van der Waals surface area contributed by atoms with Crippen LogP contribution in [0.25, 0.3) is 0 Å². The Bertz CT molecular complexity index is 568. The second-order valence-electron chi connectivity index (χ2n) is 4.44. The highest BCUT2D eigenvalue weighted by atomic mass is 35.5. The first kappa shape index (κ1) is 14.4. The quantitative estimate of drug-likeness (QED) is 0.905. The van der Waals surface area contributed by atoms with E-state index in [2.05, 4.69) is 0 Å². The van der Waals surface area contributed by atoms with Gasteiger partial charge < -0.3 is 15.3 Å². The van der Waals surface area contributed by atoms with Gasteiger partial charge in [-0.05, 0) is 30.7 Å². The molecule has 0 bridgehead atoms. The highest BCUT2D eigenvalue weighted by Crippen LogP contribution is 2.35. The molecule has 1 aromatic carbocycles. The molecule has 0 saturated heterocycles. The van der Waals surface area contributed by atoms with E-state index in [-0.39, 0.29) is 12.5 Å². The Hall–Kier alpha value is -1.00. The van der Waals surface area contributed by atoms with Crippen LogP contribution in [-0.2, 0) is 0 Å². The average Bonchev–Trinajstić information content (AvgIpc) is 2.79. The zero-order valence-corrected chi connectivity index (χ0v) is 11.9. The van der Waals surface area contributed by atoms with Crippen molar-refractivity contribution in [1.82, 2.24) is 0 Å². The van der Waals surface area contributed by atoms with E-state index in [1.54, 1.807) is 24.3 Å². The molecule has 3 N–H and O–H groups in total. The lowest BCUT2D eigenvalue weighted by Gasteiger charge is -2.22. The lowest BCUT2D eigenvalue weighted by Crippen LogP contribution is -2.20. The number of aliphatic hydroxyl groups is 1. The topological polar surface area (TPSA) is 59.4 Å². The molecule has 0 aliphatic heterocycles. The molecular formula is C14H15Cl2NO2. The van der Waals surface area contributed by atoms with Crippen molar-refractivity contribution >= 4 is 23.2 Å². The summed E-state index contributed by atoms with van der Waals surface area (Å²) in [5.74, 6) is 0.439. The molecule has 2 unspecified atom stereocenters. The summed E-state index contributed by atoms with van der Waals surface area (Å²) >= 11 is 12.0. The number of furan rings is 1. The molecule has 0 saturated carbocycles. The van der Waals surface area contributed by atoms with Gasteiger partial charge in [0, 0.05) is 28.1 Å². The zero-order valence-electron chi connectivity index (χ0n) is 10.4. The predicted molar refractivity (Wildman–Crippen MR) is 76.7 cm³/mol. The van der Waals surface area contributed by atoms with Crippen LogP contribution in [0, 0.1) is 6.92 Å². The molecule has 0 aliphatic carbocycles. The SMILES string of the molecule is Cc1cc(C(O)C(CN)c2ccc(Cl)cc2Cl)co1. The molecule has 1 aromatic heterocycles. The van der Waals surface area contributed by atoms with Crippen LogP contribution in [0.1, 0.15) is 28.9 Å². The van der Waals surface area contributed by atoms with Gasteiger partial charge in [-0.3, -0.25) is 0 Å². The van der Waals surface area contributed by atoms with Gasteiger partial charge in [0.15, 0.2) is 0 Å². The Labute approximate surface area is 121 Å². The normalized spacial score (nSPS) is 14.4. The minimum absolute atomic E-state index is 0.271. The minimum Gasteiger partial charge on any atom is -0.469 e. The number of aliphatic hydroxyl groups excluding tert-OH is 1. The predicted octanol–water partition coefficient (Wildman–Crippen LogP) is 3.67. The highest BCUT2D eigenvalue weighted by molar-refractivity contribution is 6.35. The van der Waals surface area contributed by atoms with Crippen molar-refractivity contribution in [1.29, 1.82) is 0 Å². The van der Waals surface area contributed by atoms with E-state index in [1.165, 1.54) is 6.26 Å². The van der Waals surface area contributed by atoms with E-state index in [9.17, 15) is 5.11 Å². The molecule has 2 rings (SSSR count). The summed E-state index contributed by atoms with van der Waals surface area (Å²) in [6, 6.07) is 6.96. The summed E-state index contributed by atoms with van der Waals surface area (Å²) in [6.45, 7) is 2.09. The van der Waals surface area contributed by atoms with Crippen LogP contribution in [0.3, 0.4) is 0 Å². The van der Waals surface area contributed by atoms with Gasteiger partial charge in [-0.25, -0.2) is 0 Å². The van der Waals surface area contributed by atoms with Crippen molar-refractivity contribution in [2.24, 2.45) is 5.73 Å². The fourth-order valence-electron chi connectivity index (χ4n) is 2.08. The third-order valence-electron chi connectivity index (χ3n) is 3.09. The van der Waals surface area contributed by atoms with E-state index in [0.717, 1.165) is 11.3 Å². The first-order valence-electron chi connectivity index (χ1n) is 5.91. The van der Waals surface area contributed by atoms with Gasteiger partial charge in [-0.2, -0.15) is 0 Å². The number of benzene rings is 1. The number of rotatable bonds is 4. The van der Waals surface area contributed by atoms with E-state index >= 15 is 0 Å². The van der Waals surface area contributed by atoms with Gasteiger partial charge >= 0.3 is 0 Å². The molecular weight excluding hydrogens is 285 g/mol. The molecule has 2 atom stereocenters. The van der Waals surface area contributed by atoms with Crippen LogP contribution in [0.2, 0.25) is 10.0 Å². The fourth-order valence-corrected chi connectivity index (χ4v) is 2.63. The summed E-state index contributed by atoms with van der Waals surface area (Å²) in [4.78, 5) is 0. The zero-order chi connectivity index (χ0) is 14.0. The molecule has 102 valence electrons. The fraction of sp³-hybridized carbons (Fsp3) is 0.286. The van der Waals surface area contributed by atoms with Gasteiger partial charge in [0.25, 0.3) is 0 Å². The van der Waals surface area contributed by atoms with Crippen LogP contribution < -0.4 is 5.73 Å². The molecule has 3 nitrogen and oxygen atoms in total. The van der Waals surface area contributed by atoms with Crippen molar-refractivity contribution in [3.05, 3.63) is 57.5 Å². The Morgan fingerprint density at radius 2 is 2.05 bits per heavy atom. The summed E-state index contributed by atoms with van der Waals surface area (Å²) < 4.78 is 5.21. The number of aryl methyl sites for hydroxylation is 1. The molecule has 1 heterocycles. The maximum absolute atomic E-state index is 10.4. The molecule has 0 amide bonds.